The number of fused-ring (bicyclic) bond motifs is 1. The topological polar surface area (TPSA) is 138 Å². The zero-order valence-electron chi connectivity index (χ0n) is 22.0. The third kappa shape index (κ3) is 6.36. The van der Waals surface area contributed by atoms with E-state index in [1.165, 1.54) is 46.1 Å². The van der Waals surface area contributed by atoms with Crippen LogP contribution in [0.3, 0.4) is 0 Å². The van der Waals surface area contributed by atoms with Crippen LogP contribution in [-0.4, -0.2) is 85.2 Å². The van der Waals surface area contributed by atoms with Crippen LogP contribution in [0.5, 0.6) is 0 Å². The normalized spacial score (nSPS) is 23.1. The number of ether oxygens (including phenoxy) is 1. The summed E-state index contributed by atoms with van der Waals surface area (Å²) in [5.41, 5.74) is 2.31. The number of imidazole rings is 1. The van der Waals surface area contributed by atoms with Gasteiger partial charge in [0.15, 0.2) is 22.8 Å². The first kappa shape index (κ1) is 26.6. The molecule has 3 aliphatic rings. The van der Waals surface area contributed by atoms with Gasteiger partial charge in [0.25, 0.3) is 5.91 Å². The third-order valence-corrected chi connectivity index (χ3v) is 7.16. The van der Waals surface area contributed by atoms with Gasteiger partial charge in [0, 0.05) is 37.2 Å². The predicted octanol–water partition coefficient (Wildman–Crippen LogP) is 2.15. The minimum absolute atomic E-state index is 0.0980. The molecule has 6 rings (SSSR count). The number of likely N-dealkylation sites (tertiary alicyclic amines) is 1. The van der Waals surface area contributed by atoms with E-state index < -0.39 is 5.79 Å². The maximum atomic E-state index is 12.6. The van der Waals surface area contributed by atoms with Gasteiger partial charge < -0.3 is 25.6 Å². The van der Waals surface area contributed by atoms with Gasteiger partial charge in [-0.1, -0.05) is 18.2 Å². The maximum absolute atomic E-state index is 12.6. The highest BCUT2D eigenvalue weighted by atomic mass is 16.5. The molecule has 204 valence electrons. The second-order valence-corrected chi connectivity index (χ2v) is 11.1. The first-order chi connectivity index (χ1) is 18.2. The smallest absolute Gasteiger partial charge is 0.256 e. The van der Waals surface area contributed by atoms with E-state index in [2.05, 4.69) is 30.5 Å². The minimum Gasteiger partial charge on any atom is -0.366 e. The van der Waals surface area contributed by atoms with E-state index in [9.17, 15) is 4.79 Å². The number of benzene rings is 1. The van der Waals surface area contributed by atoms with Gasteiger partial charge >= 0.3 is 0 Å². The van der Waals surface area contributed by atoms with E-state index in [1.807, 2.05) is 22.8 Å². The number of amides is 1. The van der Waals surface area contributed by atoms with Crippen molar-refractivity contribution in [3.05, 3.63) is 48.5 Å². The van der Waals surface area contributed by atoms with E-state index >= 15 is 0 Å². The van der Waals surface area contributed by atoms with Crippen molar-refractivity contribution in [2.24, 2.45) is 5.41 Å². The molecule has 4 N–H and O–H groups in total. The van der Waals surface area contributed by atoms with Crippen molar-refractivity contribution in [3.63, 3.8) is 0 Å². The summed E-state index contributed by atoms with van der Waals surface area (Å²) in [6, 6.07) is 9.08. The molecule has 11 heteroatoms. The first-order valence-electron chi connectivity index (χ1n) is 13.3. The Hall–Kier alpha value is -2.96. The monoisotopic (exact) mass is 523 g/mol. The summed E-state index contributed by atoms with van der Waals surface area (Å²) in [6.07, 6.45) is 7.91. The van der Waals surface area contributed by atoms with Crippen molar-refractivity contribution in [2.75, 3.05) is 38.0 Å². The van der Waals surface area contributed by atoms with Crippen molar-refractivity contribution in [3.8, 4) is 0 Å². The number of nitrogens with zero attached hydrogens (tertiary/aromatic N) is 5. The molecular weight excluding hydrogens is 486 g/mol. The standard InChI is InChI=1S/C24H29N7O2.C3H8O2/c32-23(17-5-2-1-3-6-17)29-21-20-22(27-15-26-21)31(16-28-20)19-8-7-18(33-19)11-30-13-24(14-30)9-4-10-25-12-24;1-3(2,4)5/h1-3,5-6,15-16,18-19,25H,4,7-14H2,(H,26,27,29,32);4-5H,1-2H3. The highest BCUT2D eigenvalue weighted by Crippen LogP contribution is 2.38. The van der Waals surface area contributed by atoms with E-state index in [0.717, 1.165) is 32.5 Å². The Balaban J connectivity index is 0.000000540. The Morgan fingerprint density at radius 3 is 2.66 bits per heavy atom. The SMILES string of the molecule is CC(C)(O)O.O=C(Nc1ncnc2c1ncn2C1CCC(CN2CC3(CCCNC3)C2)O1)c1ccccc1. The summed E-state index contributed by atoms with van der Waals surface area (Å²) in [6.45, 7) is 8.25. The molecule has 5 heterocycles. The van der Waals surface area contributed by atoms with Gasteiger partial charge in [0.1, 0.15) is 12.6 Å². The lowest BCUT2D eigenvalue weighted by Gasteiger charge is -2.53. The highest BCUT2D eigenvalue weighted by Gasteiger charge is 2.44. The number of anilines is 1. The molecule has 0 saturated carbocycles. The zero-order chi connectivity index (χ0) is 26.8. The molecule has 3 saturated heterocycles. The first-order valence-corrected chi connectivity index (χ1v) is 13.3. The number of nitrogens with one attached hydrogen (secondary N) is 2. The quantitative estimate of drug-likeness (QED) is 0.371. The van der Waals surface area contributed by atoms with Crippen molar-refractivity contribution < 1.29 is 19.7 Å². The fourth-order valence-corrected chi connectivity index (χ4v) is 5.57. The number of aromatic nitrogens is 4. The molecule has 3 fully saturated rings. The molecule has 2 unspecified atom stereocenters. The Bertz CT molecular complexity index is 1220. The van der Waals surface area contributed by atoms with Gasteiger partial charge in [-0.05, 0) is 58.2 Å². The third-order valence-electron chi connectivity index (χ3n) is 7.16. The van der Waals surface area contributed by atoms with E-state index in [4.69, 9.17) is 14.9 Å². The highest BCUT2D eigenvalue weighted by molar-refractivity contribution is 6.06. The van der Waals surface area contributed by atoms with E-state index in [-0.39, 0.29) is 18.2 Å². The van der Waals surface area contributed by atoms with Crippen molar-refractivity contribution in [1.82, 2.24) is 29.7 Å². The van der Waals surface area contributed by atoms with Gasteiger partial charge in [0.05, 0.1) is 12.4 Å². The van der Waals surface area contributed by atoms with Gasteiger partial charge in [-0.15, -0.1) is 0 Å². The molecule has 11 nitrogen and oxygen atoms in total. The maximum Gasteiger partial charge on any atom is 0.256 e. The number of carbonyl (C=O) groups excluding carboxylic acids is 1. The second kappa shape index (κ2) is 11.0. The lowest BCUT2D eigenvalue weighted by Crippen LogP contribution is -2.63. The summed E-state index contributed by atoms with van der Waals surface area (Å²) < 4.78 is 8.37. The molecule has 0 aliphatic carbocycles. The number of aliphatic hydroxyl groups is 2. The molecule has 3 aromatic rings. The van der Waals surface area contributed by atoms with Crippen molar-refractivity contribution in [2.45, 2.75) is 57.6 Å². The number of piperidine rings is 1. The van der Waals surface area contributed by atoms with E-state index in [1.54, 1.807) is 18.5 Å². The molecule has 1 amide bonds. The van der Waals surface area contributed by atoms with Crippen molar-refractivity contribution >= 4 is 22.9 Å². The van der Waals surface area contributed by atoms with Gasteiger partial charge in [-0.2, -0.15) is 0 Å². The van der Waals surface area contributed by atoms with Crippen LogP contribution in [0, 0.1) is 5.41 Å². The van der Waals surface area contributed by atoms with Gasteiger partial charge in [-0.3, -0.25) is 14.3 Å². The Morgan fingerprint density at radius 1 is 1.18 bits per heavy atom. The van der Waals surface area contributed by atoms with Crippen molar-refractivity contribution in [1.29, 1.82) is 0 Å². The molecule has 1 spiro atoms. The molecule has 2 aromatic heterocycles. The fourth-order valence-electron chi connectivity index (χ4n) is 5.57. The summed E-state index contributed by atoms with van der Waals surface area (Å²) in [5.74, 6) is -1.31. The number of rotatable bonds is 5. The number of hydrogen-bond donors (Lipinski definition) is 4. The van der Waals surface area contributed by atoms with Gasteiger partial charge in [0.2, 0.25) is 0 Å². The molecule has 0 bridgehead atoms. The minimum atomic E-state index is -1.50. The molecule has 0 radical (unpaired) electrons. The number of hydrogen-bond acceptors (Lipinski definition) is 9. The van der Waals surface area contributed by atoms with Crippen LogP contribution in [0.25, 0.3) is 11.2 Å². The average molecular weight is 524 g/mol. The molecule has 38 heavy (non-hydrogen) atoms. The van der Waals surface area contributed by atoms with Crippen LogP contribution >= 0.6 is 0 Å². The predicted molar refractivity (Wildman–Crippen MR) is 142 cm³/mol. The summed E-state index contributed by atoms with van der Waals surface area (Å²) in [7, 11) is 0. The summed E-state index contributed by atoms with van der Waals surface area (Å²) in [5, 5.41) is 22.6. The second-order valence-electron chi connectivity index (χ2n) is 11.1. The lowest BCUT2D eigenvalue weighted by atomic mass is 9.74. The largest absolute Gasteiger partial charge is 0.366 e. The van der Waals surface area contributed by atoms with E-state index in [0.29, 0.717) is 28.0 Å². The summed E-state index contributed by atoms with van der Waals surface area (Å²) >= 11 is 0. The molecule has 3 aliphatic heterocycles. The van der Waals surface area contributed by atoms with Crippen LogP contribution in [0.15, 0.2) is 43.0 Å². The van der Waals surface area contributed by atoms with Crippen LogP contribution in [0.2, 0.25) is 0 Å². The van der Waals surface area contributed by atoms with Crippen LogP contribution in [0.4, 0.5) is 5.82 Å². The molecule has 2 atom stereocenters. The molecule has 1 aromatic carbocycles. The summed E-state index contributed by atoms with van der Waals surface area (Å²) in [4.78, 5) is 28.3. The van der Waals surface area contributed by atoms with Crippen LogP contribution in [-0.2, 0) is 4.74 Å². The lowest BCUT2D eigenvalue weighted by molar-refractivity contribution is -0.127. The Morgan fingerprint density at radius 2 is 1.95 bits per heavy atom. The van der Waals surface area contributed by atoms with Crippen LogP contribution < -0.4 is 10.6 Å². The Kier molecular flexibility index (Phi) is 7.73. The van der Waals surface area contributed by atoms with Gasteiger partial charge in [-0.25, -0.2) is 15.0 Å². The molecular formula is C27H37N7O4. The fraction of sp³-hybridized carbons (Fsp3) is 0.556. The average Bonchev–Trinajstić information content (AvgIpc) is 3.51. The van der Waals surface area contributed by atoms with Crippen LogP contribution in [0.1, 0.15) is 56.1 Å². The zero-order valence-corrected chi connectivity index (χ0v) is 22.0. The Labute approximate surface area is 222 Å². The number of carbonyl (C=O) groups is 1.